The molecule has 0 radical (unpaired) electrons. The maximum atomic E-state index is 11.6. The van der Waals surface area contributed by atoms with E-state index in [4.69, 9.17) is 0 Å². The van der Waals surface area contributed by atoms with Gasteiger partial charge in [-0.3, -0.25) is 4.79 Å². The summed E-state index contributed by atoms with van der Waals surface area (Å²) in [6, 6.07) is 0. The number of carbonyl (C=O) groups is 1. The molecule has 0 aromatic carbocycles. The maximum absolute atomic E-state index is 11.6. The number of thiazole rings is 1. The van der Waals surface area contributed by atoms with E-state index < -0.39 is 10.0 Å². The smallest absolute Gasteiger partial charge is 0.235 e. The molecule has 1 amide bonds. The van der Waals surface area contributed by atoms with E-state index in [0.717, 1.165) is 26.1 Å². The molecular formula is C11H19N3O3S2. The zero-order valence-electron chi connectivity index (χ0n) is 11.6. The minimum absolute atomic E-state index is 0.153. The van der Waals surface area contributed by atoms with Gasteiger partial charge in [0.05, 0.1) is 23.5 Å². The molecule has 0 bridgehead atoms. The number of sulfonamides is 1. The van der Waals surface area contributed by atoms with Crippen LogP contribution in [0.2, 0.25) is 0 Å². The fourth-order valence-corrected chi connectivity index (χ4v) is 2.78. The van der Waals surface area contributed by atoms with E-state index in [9.17, 15) is 13.2 Å². The first-order valence-electron chi connectivity index (χ1n) is 5.81. The van der Waals surface area contributed by atoms with Crippen molar-refractivity contribution >= 4 is 27.3 Å². The number of hydrogen-bond acceptors (Lipinski definition) is 5. The van der Waals surface area contributed by atoms with Gasteiger partial charge in [0, 0.05) is 24.9 Å². The van der Waals surface area contributed by atoms with Crippen LogP contribution < -0.4 is 5.32 Å². The standard InChI is InChI=1S/C11H19N3O3S2/c1-8-10(18-9(2)13-8)5-6-12-11(15)7-14(3)19(4,16)17/h5-7H2,1-4H3,(H,12,15). The normalized spacial score (nSPS) is 11.8. The minimum Gasteiger partial charge on any atom is -0.355 e. The molecule has 0 saturated heterocycles. The molecule has 108 valence electrons. The lowest BCUT2D eigenvalue weighted by Crippen LogP contribution is -2.38. The molecule has 0 spiro atoms. The van der Waals surface area contributed by atoms with Crippen molar-refractivity contribution in [2.24, 2.45) is 0 Å². The summed E-state index contributed by atoms with van der Waals surface area (Å²) in [5, 5.41) is 3.71. The molecule has 8 heteroatoms. The second-order valence-electron chi connectivity index (χ2n) is 4.36. The lowest BCUT2D eigenvalue weighted by Gasteiger charge is -2.13. The SMILES string of the molecule is Cc1nc(C)c(CCNC(=O)CN(C)S(C)(=O)=O)s1. The first kappa shape index (κ1) is 16.1. The van der Waals surface area contributed by atoms with Gasteiger partial charge in [0.15, 0.2) is 0 Å². The van der Waals surface area contributed by atoms with E-state index in [2.05, 4.69) is 10.3 Å². The van der Waals surface area contributed by atoms with Crippen LogP contribution in [-0.4, -0.2) is 50.0 Å². The predicted octanol–water partition coefficient (Wildman–Crippen LogP) is 0.310. The third-order valence-electron chi connectivity index (χ3n) is 2.61. The zero-order chi connectivity index (χ0) is 14.6. The third kappa shape index (κ3) is 5.25. The van der Waals surface area contributed by atoms with E-state index in [1.165, 1.54) is 7.05 Å². The highest BCUT2D eigenvalue weighted by Gasteiger charge is 2.14. The van der Waals surface area contributed by atoms with Crippen LogP contribution in [0.5, 0.6) is 0 Å². The summed E-state index contributed by atoms with van der Waals surface area (Å²) >= 11 is 1.62. The van der Waals surface area contributed by atoms with Gasteiger partial charge in [0.2, 0.25) is 15.9 Å². The molecule has 6 nitrogen and oxygen atoms in total. The molecule has 1 heterocycles. The Morgan fingerprint density at radius 3 is 2.53 bits per heavy atom. The quantitative estimate of drug-likeness (QED) is 0.820. The number of amides is 1. The molecule has 19 heavy (non-hydrogen) atoms. The van der Waals surface area contributed by atoms with Gasteiger partial charge in [-0.2, -0.15) is 4.31 Å². The monoisotopic (exact) mass is 305 g/mol. The van der Waals surface area contributed by atoms with E-state index in [-0.39, 0.29) is 12.5 Å². The molecule has 0 aliphatic carbocycles. The summed E-state index contributed by atoms with van der Waals surface area (Å²) in [7, 11) is -1.93. The van der Waals surface area contributed by atoms with Crippen molar-refractivity contribution in [1.29, 1.82) is 0 Å². The molecule has 0 saturated carbocycles. The van der Waals surface area contributed by atoms with Gasteiger partial charge >= 0.3 is 0 Å². The third-order valence-corrected chi connectivity index (χ3v) is 5.00. The molecule has 1 aromatic rings. The van der Waals surface area contributed by atoms with Crippen LogP contribution in [0.4, 0.5) is 0 Å². The highest BCUT2D eigenvalue weighted by Crippen LogP contribution is 2.16. The van der Waals surface area contributed by atoms with Crippen LogP contribution in [0, 0.1) is 13.8 Å². The van der Waals surface area contributed by atoms with Crippen molar-refractivity contribution in [1.82, 2.24) is 14.6 Å². The number of nitrogens with one attached hydrogen (secondary N) is 1. The Labute approximate surface area is 117 Å². The van der Waals surface area contributed by atoms with Crippen LogP contribution in [0.15, 0.2) is 0 Å². The maximum Gasteiger partial charge on any atom is 0.235 e. The second kappa shape index (κ2) is 6.44. The summed E-state index contributed by atoms with van der Waals surface area (Å²) in [5.41, 5.74) is 0.991. The molecule has 0 aliphatic rings. The van der Waals surface area contributed by atoms with Crippen LogP contribution in [0.1, 0.15) is 15.6 Å². The van der Waals surface area contributed by atoms with Crippen molar-refractivity contribution in [3.63, 3.8) is 0 Å². The number of rotatable bonds is 6. The van der Waals surface area contributed by atoms with Gasteiger partial charge in [-0.05, 0) is 13.8 Å². The Hall–Kier alpha value is -0.990. The Morgan fingerprint density at radius 2 is 2.05 bits per heavy atom. The number of likely N-dealkylation sites (N-methyl/N-ethyl adjacent to an activating group) is 1. The molecule has 0 atom stereocenters. The van der Waals surface area contributed by atoms with Crippen LogP contribution in [0.25, 0.3) is 0 Å². The van der Waals surface area contributed by atoms with Crippen molar-refractivity contribution in [2.75, 3.05) is 26.4 Å². The fraction of sp³-hybridized carbons (Fsp3) is 0.636. The number of nitrogens with zero attached hydrogens (tertiary/aromatic N) is 2. The Kier molecular flexibility index (Phi) is 5.45. The number of aromatic nitrogens is 1. The molecule has 0 fully saturated rings. The van der Waals surface area contributed by atoms with Crippen LogP contribution in [-0.2, 0) is 21.2 Å². The van der Waals surface area contributed by atoms with E-state index >= 15 is 0 Å². The second-order valence-corrected chi connectivity index (χ2v) is 7.74. The minimum atomic E-state index is -3.31. The van der Waals surface area contributed by atoms with Gasteiger partial charge in [0.25, 0.3) is 0 Å². The van der Waals surface area contributed by atoms with Gasteiger partial charge in [-0.15, -0.1) is 11.3 Å². The lowest BCUT2D eigenvalue weighted by molar-refractivity contribution is -0.121. The average Bonchev–Trinajstić information content (AvgIpc) is 2.56. The Bertz CT molecular complexity index is 552. The summed E-state index contributed by atoms with van der Waals surface area (Å²) in [4.78, 5) is 17.0. The van der Waals surface area contributed by atoms with Crippen molar-refractivity contribution in [3.05, 3.63) is 15.6 Å². The summed E-state index contributed by atoms with van der Waals surface area (Å²) in [6.45, 7) is 4.22. The Morgan fingerprint density at radius 1 is 1.42 bits per heavy atom. The van der Waals surface area contributed by atoms with Crippen LogP contribution >= 0.6 is 11.3 Å². The number of aryl methyl sites for hydroxylation is 2. The molecular weight excluding hydrogens is 286 g/mol. The highest BCUT2D eigenvalue weighted by atomic mass is 32.2. The highest BCUT2D eigenvalue weighted by molar-refractivity contribution is 7.88. The molecule has 1 aromatic heterocycles. The van der Waals surface area contributed by atoms with E-state index in [0.29, 0.717) is 13.0 Å². The predicted molar refractivity (Wildman–Crippen MR) is 75.8 cm³/mol. The van der Waals surface area contributed by atoms with Crippen LogP contribution in [0.3, 0.4) is 0 Å². The average molecular weight is 305 g/mol. The summed E-state index contributed by atoms with van der Waals surface area (Å²) in [6.07, 6.45) is 1.79. The lowest BCUT2D eigenvalue weighted by atomic mass is 10.3. The molecule has 1 rings (SSSR count). The first-order valence-corrected chi connectivity index (χ1v) is 8.47. The number of carbonyl (C=O) groups excluding carboxylic acids is 1. The molecule has 0 unspecified atom stereocenters. The molecule has 1 N–H and O–H groups in total. The summed E-state index contributed by atoms with van der Waals surface area (Å²) in [5.74, 6) is -0.299. The van der Waals surface area contributed by atoms with E-state index in [1.54, 1.807) is 11.3 Å². The van der Waals surface area contributed by atoms with Crippen molar-refractivity contribution < 1.29 is 13.2 Å². The van der Waals surface area contributed by atoms with E-state index in [1.807, 2.05) is 13.8 Å². The summed E-state index contributed by atoms with van der Waals surface area (Å²) < 4.78 is 23.3. The first-order chi connectivity index (χ1) is 8.70. The Balaban J connectivity index is 2.38. The van der Waals surface area contributed by atoms with Gasteiger partial charge < -0.3 is 5.32 Å². The van der Waals surface area contributed by atoms with Crippen molar-refractivity contribution in [2.45, 2.75) is 20.3 Å². The van der Waals surface area contributed by atoms with Gasteiger partial charge in [0.1, 0.15) is 0 Å². The number of hydrogen-bond donors (Lipinski definition) is 1. The largest absolute Gasteiger partial charge is 0.355 e. The topological polar surface area (TPSA) is 79.4 Å². The zero-order valence-corrected chi connectivity index (χ0v) is 13.2. The van der Waals surface area contributed by atoms with Crippen molar-refractivity contribution in [3.8, 4) is 0 Å². The molecule has 0 aliphatic heterocycles. The van der Waals surface area contributed by atoms with Gasteiger partial charge in [-0.1, -0.05) is 0 Å². The van der Waals surface area contributed by atoms with Gasteiger partial charge in [-0.25, -0.2) is 13.4 Å². The fourth-order valence-electron chi connectivity index (χ4n) is 1.50.